The summed E-state index contributed by atoms with van der Waals surface area (Å²) in [4.78, 5) is 22.3. The van der Waals surface area contributed by atoms with Crippen LogP contribution in [0.2, 0.25) is 0 Å². The Hall–Kier alpha value is -1.56. The zero-order chi connectivity index (χ0) is 11.5. The maximum absolute atomic E-state index is 11.4. The lowest BCUT2D eigenvalue weighted by Gasteiger charge is -2.23. The molecule has 0 spiro atoms. The van der Waals surface area contributed by atoms with Gasteiger partial charge in [-0.1, -0.05) is 15.9 Å². The molecule has 2 rings (SSSR count). The van der Waals surface area contributed by atoms with E-state index in [-0.39, 0.29) is 5.91 Å². The summed E-state index contributed by atoms with van der Waals surface area (Å²) in [6.45, 7) is 0.292. The number of urea groups is 1. The molecule has 1 atom stereocenters. The SMILES string of the molecule is O=C1NC[C@@H](Nc2ccc(Br)cc2)C(=O)N1. The van der Waals surface area contributed by atoms with E-state index in [1.807, 2.05) is 24.3 Å². The number of amides is 3. The van der Waals surface area contributed by atoms with E-state index in [0.29, 0.717) is 6.54 Å². The van der Waals surface area contributed by atoms with E-state index >= 15 is 0 Å². The summed E-state index contributed by atoms with van der Waals surface area (Å²) in [6, 6.07) is 6.59. The minimum absolute atomic E-state index is 0.292. The van der Waals surface area contributed by atoms with E-state index in [1.165, 1.54) is 0 Å². The Labute approximate surface area is 101 Å². The van der Waals surface area contributed by atoms with Crippen LogP contribution in [-0.2, 0) is 4.79 Å². The predicted octanol–water partition coefficient (Wildman–Crippen LogP) is 1.07. The van der Waals surface area contributed by atoms with Gasteiger partial charge in [0, 0.05) is 16.7 Å². The first kappa shape index (κ1) is 10.9. The van der Waals surface area contributed by atoms with Crippen molar-refractivity contribution in [2.45, 2.75) is 6.04 Å². The van der Waals surface area contributed by atoms with Crippen molar-refractivity contribution in [3.63, 3.8) is 0 Å². The zero-order valence-electron chi connectivity index (χ0n) is 8.29. The molecule has 0 bridgehead atoms. The lowest BCUT2D eigenvalue weighted by Crippen LogP contribution is -2.57. The highest BCUT2D eigenvalue weighted by molar-refractivity contribution is 9.10. The quantitative estimate of drug-likeness (QED) is 0.760. The van der Waals surface area contributed by atoms with Gasteiger partial charge in [0.1, 0.15) is 6.04 Å². The van der Waals surface area contributed by atoms with Crippen LogP contribution in [0.3, 0.4) is 0 Å². The molecule has 1 fully saturated rings. The van der Waals surface area contributed by atoms with Crippen molar-refractivity contribution in [2.75, 3.05) is 11.9 Å². The predicted molar refractivity (Wildman–Crippen MR) is 63.1 cm³/mol. The van der Waals surface area contributed by atoms with E-state index in [9.17, 15) is 9.59 Å². The monoisotopic (exact) mass is 283 g/mol. The van der Waals surface area contributed by atoms with Gasteiger partial charge in [0.05, 0.1) is 0 Å². The molecule has 3 N–H and O–H groups in total. The lowest BCUT2D eigenvalue weighted by molar-refractivity contribution is -0.121. The molecule has 84 valence electrons. The first-order chi connectivity index (χ1) is 7.65. The highest BCUT2D eigenvalue weighted by Crippen LogP contribution is 2.15. The number of nitrogens with one attached hydrogen (secondary N) is 3. The molecule has 0 aliphatic carbocycles. The first-order valence-electron chi connectivity index (χ1n) is 4.76. The Morgan fingerprint density at radius 3 is 2.56 bits per heavy atom. The standard InChI is InChI=1S/C10H10BrN3O2/c11-6-1-3-7(4-2-6)13-8-5-12-10(16)14-9(8)15/h1-4,8,13H,5H2,(H2,12,14,15,16)/t8-/m1/s1. The second-order valence-corrected chi connectivity index (χ2v) is 4.32. The third-order valence-corrected chi connectivity index (χ3v) is 2.73. The van der Waals surface area contributed by atoms with Crippen molar-refractivity contribution in [1.82, 2.24) is 10.6 Å². The fourth-order valence-electron chi connectivity index (χ4n) is 1.39. The summed E-state index contributed by atoms with van der Waals surface area (Å²) in [7, 11) is 0. The molecular weight excluding hydrogens is 274 g/mol. The summed E-state index contributed by atoms with van der Waals surface area (Å²) in [5.41, 5.74) is 0.833. The Morgan fingerprint density at radius 2 is 1.94 bits per heavy atom. The summed E-state index contributed by atoms with van der Waals surface area (Å²) < 4.78 is 0.972. The number of benzene rings is 1. The van der Waals surface area contributed by atoms with E-state index in [2.05, 4.69) is 31.9 Å². The molecule has 1 aromatic carbocycles. The average molecular weight is 284 g/mol. The summed E-state index contributed by atoms with van der Waals surface area (Å²) in [5.74, 6) is -0.313. The number of imide groups is 1. The molecule has 0 saturated carbocycles. The van der Waals surface area contributed by atoms with Crippen molar-refractivity contribution in [3.05, 3.63) is 28.7 Å². The van der Waals surface area contributed by atoms with Crippen molar-refractivity contribution in [2.24, 2.45) is 0 Å². The van der Waals surface area contributed by atoms with Crippen LogP contribution in [-0.4, -0.2) is 24.5 Å². The maximum atomic E-state index is 11.4. The first-order valence-corrected chi connectivity index (χ1v) is 5.55. The van der Waals surface area contributed by atoms with Gasteiger partial charge in [-0.2, -0.15) is 0 Å². The van der Waals surface area contributed by atoms with Gasteiger partial charge in [-0.05, 0) is 24.3 Å². The van der Waals surface area contributed by atoms with Crippen LogP contribution in [0, 0.1) is 0 Å². The molecule has 0 aromatic heterocycles. The number of hydrogen-bond donors (Lipinski definition) is 3. The minimum atomic E-state index is -0.446. The Kier molecular flexibility index (Phi) is 3.09. The van der Waals surface area contributed by atoms with Crippen LogP contribution in [0.5, 0.6) is 0 Å². The molecule has 1 heterocycles. The second kappa shape index (κ2) is 4.52. The Bertz CT molecular complexity index is 419. The number of anilines is 1. The third-order valence-electron chi connectivity index (χ3n) is 2.21. The molecule has 0 radical (unpaired) electrons. The van der Waals surface area contributed by atoms with E-state index in [1.54, 1.807) is 0 Å². The molecule has 6 heteroatoms. The normalized spacial score (nSPS) is 19.9. The van der Waals surface area contributed by atoms with Crippen LogP contribution in [0.1, 0.15) is 0 Å². The Morgan fingerprint density at radius 1 is 1.25 bits per heavy atom. The van der Waals surface area contributed by atoms with Crippen molar-refractivity contribution < 1.29 is 9.59 Å². The van der Waals surface area contributed by atoms with Crippen LogP contribution < -0.4 is 16.0 Å². The number of carbonyl (C=O) groups is 2. The van der Waals surface area contributed by atoms with Gasteiger partial charge in [0.25, 0.3) is 5.91 Å². The van der Waals surface area contributed by atoms with Crippen molar-refractivity contribution in [1.29, 1.82) is 0 Å². The maximum Gasteiger partial charge on any atom is 0.321 e. The molecule has 0 unspecified atom stereocenters. The van der Waals surface area contributed by atoms with E-state index < -0.39 is 12.1 Å². The van der Waals surface area contributed by atoms with E-state index in [4.69, 9.17) is 0 Å². The van der Waals surface area contributed by atoms with Crippen LogP contribution in [0.25, 0.3) is 0 Å². The molecule has 5 nitrogen and oxygen atoms in total. The molecule has 1 aliphatic rings. The van der Waals surface area contributed by atoms with Crippen molar-refractivity contribution in [3.8, 4) is 0 Å². The highest BCUT2D eigenvalue weighted by atomic mass is 79.9. The summed E-state index contributed by atoms with van der Waals surface area (Å²) in [6.07, 6.45) is 0. The van der Waals surface area contributed by atoms with Gasteiger partial charge >= 0.3 is 6.03 Å². The number of carbonyl (C=O) groups excluding carboxylic acids is 2. The largest absolute Gasteiger partial charge is 0.372 e. The number of halogens is 1. The topological polar surface area (TPSA) is 70.2 Å². The van der Waals surface area contributed by atoms with Gasteiger partial charge in [-0.15, -0.1) is 0 Å². The minimum Gasteiger partial charge on any atom is -0.372 e. The van der Waals surface area contributed by atoms with Crippen LogP contribution in [0.15, 0.2) is 28.7 Å². The van der Waals surface area contributed by atoms with Gasteiger partial charge in [-0.25, -0.2) is 4.79 Å². The lowest BCUT2D eigenvalue weighted by atomic mass is 10.2. The van der Waals surface area contributed by atoms with Crippen LogP contribution >= 0.6 is 15.9 Å². The molecular formula is C10H10BrN3O2. The van der Waals surface area contributed by atoms with Crippen molar-refractivity contribution >= 4 is 33.6 Å². The molecule has 1 aliphatic heterocycles. The highest BCUT2D eigenvalue weighted by Gasteiger charge is 2.25. The molecule has 16 heavy (non-hydrogen) atoms. The van der Waals surface area contributed by atoms with Gasteiger partial charge in [0.2, 0.25) is 0 Å². The summed E-state index contributed by atoms with van der Waals surface area (Å²) in [5, 5.41) is 7.78. The fourth-order valence-corrected chi connectivity index (χ4v) is 1.66. The smallest absolute Gasteiger partial charge is 0.321 e. The fraction of sp³-hybridized carbons (Fsp3) is 0.200. The number of hydrogen-bond acceptors (Lipinski definition) is 3. The molecule has 3 amide bonds. The number of rotatable bonds is 2. The zero-order valence-corrected chi connectivity index (χ0v) is 9.87. The average Bonchev–Trinajstić information content (AvgIpc) is 2.25. The van der Waals surface area contributed by atoms with Gasteiger partial charge in [0.15, 0.2) is 0 Å². The van der Waals surface area contributed by atoms with E-state index in [0.717, 1.165) is 10.2 Å². The molecule has 1 aromatic rings. The van der Waals surface area contributed by atoms with Gasteiger partial charge in [-0.3, -0.25) is 10.1 Å². The van der Waals surface area contributed by atoms with Gasteiger partial charge < -0.3 is 10.6 Å². The summed E-state index contributed by atoms with van der Waals surface area (Å²) >= 11 is 3.33. The van der Waals surface area contributed by atoms with Crippen LogP contribution in [0.4, 0.5) is 10.5 Å². The Balaban J connectivity index is 2.02. The third kappa shape index (κ3) is 2.52. The second-order valence-electron chi connectivity index (χ2n) is 3.40. The molecule has 1 saturated heterocycles.